The van der Waals surface area contributed by atoms with Crippen molar-refractivity contribution >= 4 is 34.3 Å². The number of nitrogens with zero attached hydrogens (tertiary/aromatic N) is 2. The van der Waals surface area contributed by atoms with Crippen molar-refractivity contribution in [1.29, 1.82) is 0 Å². The highest BCUT2D eigenvalue weighted by Gasteiger charge is 2.51. The average molecular weight is 408 g/mol. The van der Waals surface area contributed by atoms with E-state index in [2.05, 4.69) is 11.1 Å². The fraction of sp³-hybridized carbons (Fsp3) is 0.304. The van der Waals surface area contributed by atoms with Gasteiger partial charge in [-0.25, -0.2) is 0 Å². The Hall–Kier alpha value is -2.79. The van der Waals surface area contributed by atoms with Crippen LogP contribution in [0, 0.1) is 0 Å². The molecule has 2 aromatic carbocycles. The third kappa shape index (κ3) is 2.68. The number of aromatic amines is 1. The van der Waals surface area contributed by atoms with Gasteiger partial charge in [-0.2, -0.15) is 0 Å². The summed E-state index contributed by atoms with van der Waals surface area (Å²) in [7, 11) is 0. The fourth-order valence-corrected chi connectivity index (χ4v) is 5.10. The van der Waals surface area contributed by atoms with Gasteiger partial charge in [0.05, 0.1) is 5.54 Å². The first-order valence-electron chi connectivity index (χ1n) is 9.82. The molecule has 1 saturated heterocycles. The topological polar surface area (TPSA) is 56.4 Å². The number of carbonyl (C=O) groups is 2. The highest BCUT2D eigenvalue weighted by Crippen LogP contribution is 2.42. The highest BCUT2D eigenvalue weighted by atomic mass is 35.5. The number of benzene rings is 2. The van der Waals surface area contributed by atoms with E-state index in [1.54, 1.807) is 15.9 Å². The van der Waals surface area contributed by atoms with E-state index in [9.17, 15) is 9.59 Å². The predicted molar refractivity (Wildman–Crippen MR) is 113 cm³/mol. The number of hydrogen-bond donors (Lipinski definition) is 1. The minimum atomic E-state index is -0.583. The fourth-order valence-electron chi connectivity index (χ4n) is 4.91. The van der Waals surface area contributed by atoms with Gasteiger partial charge in [0, 0.05) is 34.6 Å². The second kappa shape index (κ2) is 6.36. The molecule has 1 unspecified atom stereocenters. The van der Waals surface area contributed by atoms with Gasteiger partial charge in [0.1, 0.15) is 12.6 Å². The van der Waals surface area contributed by atoms with E-state index in [0.717, 1.165) is 27.7 Å². The van der Waals surface area contributed by atoms with E-state index >= 15 is 0 Å². The molecule has 1 fully saturated rings. The van der Waals surface area contributed by atoms with Gasteiger partial charge in [-0.3, -0.25) is 9.59 Å². The van der Waals surface area contributed by atoms with Gasteiger partial charge >= 0.3 is 0 Å². The predicted octanol–water partition coefficient (Wildman–Crippen LogP) is 3.85. The lowest BCUT2D eigenvalue weighted by molar-refractivity contribution is -0.164. The maximum Gasteiger partial charge on any atom is 0.246 e. The summed E-state index contributed by atoms with van der Waals surface area (Å²) < 4.78 is 0. The number of hydrogen-bond acceptors (Lipinski definition) is 2. The average Bonchev–Trinajstić information content (AvgIpc) is 3.07. The lowest BCUT2D eigenvalue weighted by atomic mass is 9.82. The molecular weight excluding hydrogens is 386 g/mol. The number of halogens is 1. The second-order valence-electron chi connectivity index (χ2n) is 8.35. The molecule has 0 aliphatic carbocycles. The Morgan fingerprint density at radius 3 is 2.62 bits per heavy atom. The molecule has 2 aliphatic heterocycles. The van der Waals surface area contributed by atoms with Gasteiger partial charge in [-0.15, -0.1) is 0 Å². The lowest BCUT2D eigenvalue weighted by Gasteiger charge is -2.51. The third-order valence-corrected chi connectivity index (χ3v) is 6.62. The Kier molecular flexibility index (Phi) is 4.00. The molecule has 5 nitrogen and oxygen atoms in total. The van der Waals surface area contributed by atoms with Gasteiger partial charge in [0.25, 0.3) is 0 Å². The van der Waals surface area contributed by atoms with E-state index < -0.39 is 11.6 Å². The SMILES string of the molecule is CC1(C)c2[nH]c3ccccc3c2CC2C(=O)N(Cc3ccccc3Cl)CC(=O)N21. The Morgan fingerprint density at radius 2 is 1.83 bits per heavy atom. The normalized spacial score (nSPS) is 20.7. The molecule has 0 saturated carbocycles. The van der Waals surface area contributed by atoms with Crippen LogP contribution in [0.5, 0.6) is 0 Å². The Labute approximate surface area is 174 Å². The molecule has 1 atom stereocenters. The largest absolute Gasteiger partial charge is 0.356 e. The van der Waals surface area contributed by atoms with Crippen LogP contribution in [0.2, 0.25) is 5.02 Å². The summed E-state index contributed by atoms with van der Waals surface area (Å²) in [6.07, 6.45) is 0.520. The maximum atomic E-state index is 13.5. The second-order valence-corrected chi connectivity index (χ2v) is 8.76. The number of piperazine rings is 1. The number of amides is 2. The molecule has 3 aromatic rings. The van der Waals surface area contributed by atoms with Gasteiger partial charge in [-0.1, -0.05) is 48.0 Å². The molecule has 29 heavy (non-hydrogen) atoms. The molecule has 0 radical (unpaired) electrons. The summed E-state index contributed by atoms with van der Waals surface area (Å²) in [5, 5.41) is 1.73. The first-order chi connectivity index (χ1) is 13.9. The van der Waals surface area contributed by atoms with E-state index in [0.29, 0.717) is 18.0 Å². The van der Waals surface area contributed by atoms with Gasteiger partial charge in [0.2, 0.25) is 11.8 Å². The van der Waals surface area contributed by atoms with Crippen molar-refractivity contribution in [3.63, 3.8) is 0 Å². The molecule has 1 aromatic heterocycles. The van der Waals surface area contributed by atoms with Crippen LogP contribution in [-0.4, -0.2) is 39.2 Å². The number of fused-ring (bicyclic) bond motifs is 4. The van der Waals surface area contributed by atoms with Crippen molar-refractivity contribution in [3.05, 3.63) is 70.4 Å². The number of nitrogens with one attached hydrogen (secondary N) is 1. The standard InChI is InChI=1S/C23H22ClN3O2/c1-23(2)21-16(15-8-4-6-10-18(15)25-21)11-19-22(29)26(13-20(28)27(19)23)12-14-7-3-5-9-17(14)24/h3-10,19,25H,11-13H2,1-2H3. The van der Waals surface area contributed by atoms with E-state index in [4.69, 9.17) is 11.6 Å². The number of rotatable bonds is 2. The summed E-state index contributed by atoms with van der Waals surface area (Å²) in [6.45, 7) is 4.44. The van der Waals surface area contributed by atoms with Crippen molar-refractivity contribution < 1.29 is 9.59 Å². The molecule has 2 aliphatic rings. The van der Waals surface area contributed by atoms with Crippen LogP contribution in [0.1, 0.15) is 30.7 Å². The van der Waals surface area contributed by atoms with Crippen LogP contribution < -0.4 is 0 Å². The lowest BCUT2D eigenvalue weighted by Crippen LogP contribution is -2.66. The van der Waals surface area contributed by atoms with Crippen molar-refractivity contribution in [2.75, 3.05) is 6.54 Å². The van der Waals surface area contributed by atoms with Gasteiger partial charge in [-0.05, 0) is 37.1 Å². The minimum Gasteiger partial charge on any atom is -0.356 e. The quantitative estimate of drug-likeness (QED) is 0.701. The molecule has 6 heteroatoms. The van der Waals surface area contributed by atoms with Crippen LogP contribution in [0.4, 0.5) is 0 Å². The maximum absolute atomic E-state index is 13.5. The van der Waals surface area contributed by atoms with Crippen LogP contribution >= 0.6 is 11.6 Å². The summed E-state index contributed by atoms with van der Waals surface area (Å²) in [4.78, 5) is 33.6. The van der Waals surface area contributed by atoms with E-state index in [1.807, 2.05) is 50.2 Å². The summed E-state index contributed by atoms with van der Waals surface area (Å²) in [5.41, 5.74) is 3.47. The number of aromatic nitrogens is 1. The van der Waals surface area contributed by atoms with Crippen LogP contribution in [0.3, 0.4) is 0 Å². The van der Waals surface area contributed by atoms with E-state index in [-0.39, 0.29) is 18.4 Å². The number of para-hydroxylation sites is 1. The first-order valence-corrected chi connectivity index (χ1v) is 10.2. The van der Waals surface area contributed by atoms with Crippen molar-refractivity contribution in [2.24, 2.45) is 0 Å². The highest BCUT2D eigenvalue weighted by molar-refractivity contribution is 6.31. The Morgan fingerprint density at radius 1 is 1.10 bits per heavy atom. The van der Waals surface area contributed by atoms with Crippen LogP contribution in [-0.2, 0) is 28.1 Å². The Balaban J connectivity index is 1.55. The molecule has 2 amide bonds. The van der Waals surface area contributed by atoms with Gasteiger partial charge < -0.3 is 14.8 Å². The minimum absolute atomic E-state index is 0.0199. The monoisotopic (exact) mass is 407 g/mol. The zero-order valence-corrected chi connectivity index (χ0v) is 17.2. The summed E-state index contributed by atoms with van der Waals surface area (Å²) in [6, 6.07) is 15.1. The summed E-state index contributed by atoms with van der Waals surface area (Å²) >= 11 is 6.29. The Bertz CT molecular complexity index is 1150. The molecule has 0 bridgehead atoms. The summed E-state index contributed by atoms with van der Waals surface area (Å²) in [5.74, 6) is -0.0514. The van der Waals surface area contributed by atoms with Crippen LogP contribution in [0.25, 0.3) is 10.9 Å². The third-order valence-electron chi connectivity index (χ3n) is 6.25. The van der Waals surface area contributed by atoms with E-state index in [1.165, 1.54) is 0 Å². The van der Waals surface area contributed by atoms with Crippen molar-refractivity contribution in [2.45, 2.75) is 38.4 Å². The zero-order chi connectivity index (χ0) is 20.3. The van der Waals surface area contributed by atoms with Gasteiger partial charge in [0.15, 0.2) is 0 Å². The molecule has 0 spiro atoms. The molecular formula is C23H22ClN3O2. The van der Waals surface area contributed by atoms with Crippen molar-refractivity contribution in [3.8, 4) is 0 Å². The molecule has 5 rings (SSSR count). The number of carbonyl (C=O) groups excluding carboxylic acids is 2. The smallest absolute Gasteiger partial charge is 0.246 e. The first kappa shape index (κ1) is 18.3. The molecule has 3 heterocycles. The zero-order valence-electron chi connectivity index (χ0n) is 16.4. The number of H-pyrrole nitrogens is 1. The van der Waals surface area contributed by atoms with Crippen molar-refractivity contribution in [1.82, 2.24) is 14.8 Å². The molecule has 148 valence electrons. The van der Waals surface area contributed by atoms with Crippen LogP contribution in [0.15, 0.2) is 48.5 Å². The molecule has 1 N–H and O–H groups in total.